The number of nitro benzene ring substituents is 1. The monoisotopic (exact) mass is 268 g/mol. The molecular weight excluding hydrogens is 264 g/mol. The van der Waals surface area contributed by atoms with Gasteiger partial charge >= 0.3 is 0 Å². The van der Waals surface area contributed by atoms with E-state index in [0.29, 0.717) is 15.2 Å². The van der Waals surface area contributed by atoms with Gasteiger partial charge in [0.2, 0.25) is 0 Å². The second-order valence-electron chi connectivity index (χ2n) is 2.95. The van der Waals surface area contributed by atoms with Gasteiger partial charge in [-0.3, -0.25) is 14.9 Å². The molecule has 0 atom stereocenters. The number of rotatable bonds is 1. The first-order chi connectivity index (χ1) is 7.09. The molecule has 2 rings (SSSR count). The van der Waals surface area contributed by atoms with E-state index in [0.717, 1.165) is 0 Å². The third kappa shape index (κ3) is 1.63. The number of aromatic amines is 1. The second kappa shape index (κ2) is 3.47. The van der Waals surface area contributed by atoms with E-state index in [2.05, 4.69) is 20.9 Å². The van der Waals surface area contributed by atoms with Crippen LogP contribution in [0.1, 0.15) is 0 Å². The summed E-state index contributed by atoms with van der Waals surface area (Å²) in [5, 5.41) is 11.5. The van der Waals surface area contributed by atoms with Crippen molar-refractivity contribution in [2.45, 2.75) is 0 Å². The molecule has 0 spiro atoms. The smallest absolute Gasteiger partial charge is 0.270 e. The third-order valence-electron chi connectivity index (χ3n) is 2.05. The number of nitrogens with zero attached hydrogens (tertiary/aromatic N) is 1. The molecular formula is C9H5BrN2O3. The van der Waals surface area contributed by atoms with Crippen molar-refractivity contribution < 1.29 is 4.92 Å². The first kappa shape index (κ1) is 9.85. The lowest BCUT2D eigenvalue weighted by Crippen LogP contribution is -2.05. The zero-order valence-corrected chi connectivity index (χ0v) is 8.95. The molecule has 2 aromatic rings. The first-order valence-electron chi connectivity index (χ1n) is 4.05. The van der Waals surface area contributed by atoms with E-state index in [1.807, 2.05) is 0 Å². The van der Waals surface area contributed by atoms with Gasteiger partial charge in [-0.15, -0.1) is 0 Å². The van der Waals surface area contributed by atoms with E-state index in [1.54, 1.807) is 6.07 Å². The summed E-state index contributed by atoms with van der Waals surface area (Å²) in [6.45, 7) is 0. The SMILES string of the molecule is O=c1[nH]cc(Br)c2ccc([N+](=O)[O-])cc12. The van der Waals surface area contributed by atoms with Crippen molar-refractivity contribution in [2.24, 2.45) is 0 Å². The Labute approximate surface area is 92.0 Å². The molecule has 0 saturated heterocycles. The maximum absolute atomic E-state index is 11.4. The third-order valence-corrected chi connectivity index (χ3v) is 2.70. The molecule has 6 heteroatoms. The fourth-order valence-corrected chi connectivity index (χ4v) is 1.79. The van der Waals surface area contributed by atoms with Crippen LogP contribution in [-0.4, -0.2) is 9.91 Å². The molecule has 0 bridgehead atoms. The molecule has 5 nitrogen and oxygen atoms in total. The summed E-state index contributed by atoms with van der Waals surface area (Å²) in [6.07, 6.45) is 1.51. The summed E-state index contributed by atoms with van der Waals surface area (Å²) in [4.78, 5) is 23.9. The number of nitrogens with one attached hydrogen (secondary N) is 1. The number of H-pyrrole nitrogens is 1. The second-order valence-corrected chi connectivity index (χ2v) is 3.81. The minimum absolute atomic E-state index is 0.0916. The Morgan fingerprint density at radius 2 is 2.07 bits per heavy atom. The van der Waals surface area contributed by atoms with Crippen molar-refractivity contribution >= 4 is 32.4 Å². The number of halogens is 1. The van der Waals surface area contributed by atoms with Crippen molar-refractivity contribution in [3.63, 3.8) is 0 Å². The predicted octanol–water partition coefficient (Wildman–Crippen LogP) is 2.20. The summed E-state index contributed by atoms with van der Waals surface area (Å²) >= 11 is 3.25. The average molecular weight is 269 g/mol. The number of hydrogen-bond acceptors (Lipinski definition) is 3. The molecule has 1 aromatic carbocycles. The molecule has 0 unspecified atom stereocenters. The Kier molecular flexibility index (Phi) is 2.28. The largest absolute Gasteiger partial charge is 0.327 e. The van der Waals surface area contributed by atoms with Crippen LogP contribution >= 0.6 is 15.9 Å². The fraction of sp³-hybridized carbons (Fsp3) is 0. The molecule has 76 valence electrons. The molecule has 1 N–H and O–H groups in total. The highest BCUT2D eigenvalue weighted by atomic mass is 79.9. The average Bonchev–Trinajstić information content (AvgIpc) is 2.23. The normalized spacial score (nSPS) is 10.5. The van der Waals surface area contributed by atoms with Crippen LogP contribution < -0.4 is 5.56 Å². The van der Waals surface area contributed by atoms with Crippen molar-refractivity contribution in [1.29, 1.82) is 0 Å². The molecule has 0 amide bonds. The highest BCUT2D eigenvalue weighted by Crippen LogP contribution is 2.23. The quantitative estimate of drug-likeness (QED) is 0.636. The van der Waals surface area contributed by atoms with E-state index in [1.165, 1.54) is 18.3 Å². The van der Waals surface area contributed by atoms with Gasteiger partial charge in [0.05, 0.1) is 10.3 Å². The van der Waals surface area contributed by atoms with Crippen LogP contribution in [0.15, 0.2) is 33.7 Å². The van der Waals surface area contributed by atoms with E-state index in [9.17, 15) is 14.9 Å². The standard InChI is InChI=1S/C9H5BrN2O3/c10-8-4-11-9(13)7-3-5(12(14)15)1-2-6(7)8/h1-4H,(H,11,13). The van der Waals surface area contributed by atoms with Gasteiger partial charge in [0, 0.05) is 28.2 Å². The Morgan fingerprint density at radius 1 is 1.33 bits per heavy atom. The van der Waals surface area contributed by atoms with Gasteiger partial charge in [0.25, 0.3) is 11.2 Å². The number of pyridine rings is 1. The van der Waals surface area contributed by atoms with Crippen LogP contribution in [-0.2, 0) is 0 Å². The van der Waals surface area contributed by atoms with Gasteiger partial charge in [-0.1, -0.05) is 0 Å². The van der Waals surface area contributed by atoms with Crippen LogP contribution in [0.2, 0.25) is 0 Å². The molecule has 0 radical (unpaired) electrons. The minimum Gasteiger partial charge on any atom is -0.327 e. The lowest BCUT2D eigenvalue weighted by molar-refractivity contribution is -0.384. The fourth-order valence-electron chi connectivity index (χ4n) is 1.33. The molecule has 0 fully saturated rings. The molecule has 0 aliphatic carbocycles. The van der Waals surface area contributed by atoms with E-state index in [-0.39, 0.29) is 11.2 Å². The van der Waals surface area contributed by atoms with Crippen molar-refractivity contribution in [1.82, 2.24) is 4.98 Å². The van der Waals surface area contributed by atoms with Crippen molar-refractivity contribution in [3.8, 4) is 0 Å². The van der Waals surface area contributed by atoms with Gasteiger partial charge in [-0.2, -0.15) is 0 Å². The number of fused-ring (bicyclic) bond motifs is 1. The first-order valence-corrected chi connectivity index (χ1v) is 4.84. The highest BCUT2D eigenvalue weighted by molar-refractivity contribution is 9.10. The van der Waals surface area contributed by atoms with Gasteiger partial charge < -0.3 is 4.98 Å². The Hall–Kier alpha value is -1.69. The lowest BCUT2D eigenvalue weighted by atomic mass is 10.1. The molecule has 0 aliphatic heterocycles. The van der Waals surface area contributed by atoms with E-state index in [4.69, 9.17) is 0 Å². The van der Waals surface area contributed by atoms with Gasteiger partial charge in [0.1, 0.15) is 0 Å². The Bertz CT molecular complexity index is 606. The van der Waals surface area contributed by atoms with Crippen LogP contribution in [0.3, 0.4) is 0 Å². The molecule has 15 heavy (non-hydrogen) atoms. The molecule has 0 aliphatic rings. The van der Waals surface area contributed by atoms with E-state index >= 15 is 0 Å². The molecule has 0 saturated carbocycles. The number of hydrogen-bond donors (Lipinski definition) is 1. The van der Waals surface area contributed by atoms with Crippen molar-refractivity contribution in [2.75, 3.05) is 0 Å². The zero-order chi connectivity index (χ0) is 11.0. The van der Waals surface area contributed by atoms with Gasteiger partial charge in [0.15, 0.2) is 0 Å². The Morgan fingerprint density at radius 3 is 2.73 bits per heavy atom. The summed E-state index contributed by atoms with van der Waals surface area (Å²) in [5.74, 6) is 0. The number of nitro groups is 1. The summed E-state index contributed by atoms with van der Waals surface area (Å²) in [7, 11) is 0. The number of aromatic nitrogens is 1. The highest BCUT2D eigenvalue weighted by Gasteiger charge is 2.09. The summed E-state index contributed by atoms with van der Waals surface area (Å²) in [5.41, 5.74) is -0.428. The lowest BCUT2D eigenvalue weighted by Gasteiger charge is -1.98. The van der Waals surface area contributed by atoms with Gasteiger partial charge in [-0.25, -0.2) is 0 Å². The van der Waals surface area contributed by atoms with Crippen LogP contribution in [0.25, 0.3) is 10.8 Å². The predicted molar refractivity (Wildman–Crippen MR) is 58.9 cm³/mol. The maximum atomic E-state index is 11.4. The van der Waals surface area contributed by atoms with Crippen molar-refractivity contribution in [3.05, 3.63) is 49.3 Å². The maximum Gasteiger partial charge on any atom is 0.270 e. The van der Waals surface area contributed by atoms with Crippen LogP contribution in [0.4, 0.5) is 5.69 Å². The molecule has 1 aromatic heterocycles. The number of non-ortho nitro benzene ring substituents is 1. The Balaban J connectivity index is 2.87. The van der Waals surface area contributed by atoms with E-state index < -0.39 is 4.92 Å². The minimum atomic E-state index is -0.528. The zero-order valence-electron chi connectivity index (χ0n) is 7.36. The van der Waals surface area contributed by atoms with Crippen LogP contribution in [0.5, 0.6) is 0 Å². The number of benzene rings is 1. The topological polar surface area (TPSA) is 76.0 Å². The summed E-state index contributed by atoms with van der Waals surface area (Å²) in [6, 6.07) is 4.18. The van der Waals surface area contributed by atoms with Crippen LogP contribution in [0, 0.1) is 10.1 Å². The summed E-state index contributed by atoms with van der Waals surface area (Å²) < 4.78 is 0.701. The molecule has 1 heterocycles. The van der Waals surface area contributed by atoms with Gasteiger partial charge in [-0.05, 0) is 22.0 Å².